The molecule has 0 saturated heterocycles. The van der Waals surface area contributed by atoms with E-state index < -0.39 is 0 Å². The molecule has 2 rings (SSSR count). The fourth-order valence-electron chi connectivity index (χ4n) is 1.93. The van der Waals surface area contributed by atoms with Crippen LogP contribution in [0.1, 0.15) is 24.4 Å². The summed E-state index contributed by atoms with van der Waals surface area (Å²) in [5.74, 6) is 0.645. The first-order chi connectivity index (χ1) is 8.70. The number of rotatable bonds is 5. The monoisotopic (exact) mass is 260 g/mol. The van der Waals surface area contributed by atoms with Crippen LogP contribution in [0.5, 0.6) is 0 Å². The van der Waals surface area contributed by atoms with E-state index in [0.717, 1.165) is 18.0 Å². The highest BCUT2D eigenvalue weighted by Gasteiger charge is 2.12. The Morgan fingerprint density at radius 2 is 1.94 bits per heavy atom. The predicted octanol–water partition coefficient (Wildman–Crippen LogP) is 3.73. The molecule has 96 valence electrons. The highest BCUT2D eigenvalue weighted by Crippen LogP contribution is 2.29. The van der Waals surface area contributed by atoms with Gasteiger partial charge in [-0.05, 0) is 19.4 Å². The first-order valence-electron chi connectivity index (χ1n) is 6.39. The summed E-state index contributed by atoms with van der Waals surface area (Å²) in [6.45, 7) is 5.39. The first kappa shape index (κ1) is 13.2. The molecule has 2 nitrogen and oxygen atoms in total. The van der Waals surface area contributed by atoms with Crippen molar-refractivity contribution in [2.45, 2.75) is 26.8 Å². The van der Waals surface area contributed by atoms with Crippen molar-refractivity contribution < 1.29 is 0 Å². The van der Waals surface area contributed by atoms with Crippen LogP contribution in [0.3, 0.4) is 0 Å². The first-order valence-corrected chi connectivity index (χ1v) is 7.21. The van der Waals surface area contributed by atoms with Crippen molar-refractivity contribution in [3.63, 3.8) is 0 Å². The van der Waals surface area contributed by atoms with Crippen LogP contribution in [0.4, 0.5) is 0 Å². The topological polar surface area (TPSA) is 24.9 Å². The third-order valence-electron chi connectivity index (χ3n) is 2.74. The Morgan fingerprint density at radius 1 is 1.22 bits per heavy atom. The minimum atomic E-state index is 0.645. The molecule has 0 saturated carbocycles. The van der Waals surface area contributed by atoms with E-state index in [-0.39, 0.29) is 0 Å². The van der Waals surface area contributed by atoms with Crippen LogP contribution in [-0.4, -0.2) is 12.0 Å². The number of hydrogen-bond donors (Lipinski definition) is 1. The van der Waals surface area contributed by atoms with E-state index in [1.54, 1.807) is 11.3 Å². The van der Waals surface area contributed by atoms with Crippen molar-refractivity contribution >= 4 is 11.3 Å². The van der Waals surface area contributed by atoms with Gasteiger partial charge in [0.05, 0.1) is 5.69 Å². The van der Waals surface area contributed by atoms with E-state index in [9.17, 15) is 0 Å². The van der Waals surface area contributed by atoms with E-state index in [1.165, 1.54) is 16.1 Å². The molecule has 0 radical (unpaired) electrons. The molecule has 0 aliphatic carbocycles. The summed E-state index contributed by atoms with van der Waals surface area (Å²) >= 11 is 1.81. The van der Waals surface area contributed by atoms with Gasteiger partial charge in [-0.25, -0.2) is 4.98 Å². The maximum atomic E-state index is 4.82. The quantitative estimate of drug-likeness (QED) is 0.886. The van der Waals surface area contributed by atoms with E-state index >= 15 is 0 Å². The van der Waals surface area contributed by atoms with Crippen molar-refractivity contribution in [3.05, 3.63) is 40.9 Å². The lowest BCUT2D eigenvalue weighted by molar-refractivity contribution is 0.631. The molecule has 0 aliphatic heterocycles. The van der Waals surface area contributed by atoms with Gasteiger partial charge in [-0.15, -0.1) is 11.3 Å². The summed E-state index contributed by atoms with van der Waals surface area (Å²) in [6.07, 6.45) is 1.06. The summed E-state index contributed by atoms with van der Waals surface area (Å²) < 4.78 is 0. The second kappa shape index (κ2) is 6.12. The summed E-state index contributed by atoms with van der Waals surface area (Å²) in [5, 5.41) is 4.37. The SMILES string of the molecule is CNCc1sc(-c2ccccc2)nc1CC(C)C. The van der Waals surface area contributed by atoms with Crippen molar-refractivity contribution in [2.75, 3.05) is 7.05 Å². The smallest absolute Gasteiger partial charge is 0.123 e. The average Bonchev–Trinajstić information content (AvgIpc) is 2.73. The minimum absolute atomic E-state index is 0.645. The molecule has 0 bridgehead atoms. The van der Waals surface area contributed by atoms with Crippen molar-refractivity contribution in [1.29, 1.82) is 0 Å². The Kier molecular flexibility index (Phi) is 4.50. The van der Waals surface area contributed by atoms with Crippen LogP contribution < -0.4 is 5.32 Å². The zero-order chi connectivity index (χ0) is 13.0. The molecule has 0 atom stereocenters. The fraction of sp³-hybridized carbons (Fsp3) is 0.400. The second-order valence-corrected chi connectivity index (χ2v) is 5.97. The van der Waals surface area contributed by atoms with Gasteiger partial charge in [0.2, 0.25) is 0 Å². The van der Waals surface area contributed by atoms with Crippen molar-refractivity contribution in [1.82, 2.24) is 10.3 Å². The number of benzene rings is 1. The Morgan fingerprint density at radius 3 is 2.56 bits per heavy atom. The van der Waals surface area contributed by atoms with Gasteiger partial charge < -0.3 is 5.32 Å². The molecule has 0 spiro atoms. The van der Waals surface area contributed by atoms with Gasteiger partial charge in [-0.3, -0.25) is 0 Å². The van der Waals surface area contributed by atoms with Gasteiger partial charge in [-0.1, -0.05) is 44.2 Å². The molecule has 0 fully saturated rings. The molecular weight excluding hydrogens is 240 g/mol. The molecule has 0 unspecified atom stereocenters. The third kappa shape index (κ3) is 3.18. The number of aromatic nitrogens is 1. The van der Waals surface area contributed by atoms with Gasteiger partial charge in [0.25, 0.3) is 0 Å². The lowest BCUT2D eigenvalue weighted by Crippen LogP contribution is -2.07. The maximum absolute atomic E-state index is 4.82. The molecule has 0 aliphatic rings. The maximum Gasteiger partial charge on any atom is 0.123 e. The summed E-state index contributed by atoms with van der Waals surface area (Å²) in [4.78, 5) is 6.18. The summed E-state index contributed by atoms with van der Waals surface area (Å²) in [5.41, 5.74) is 2.47. The van der Waals surface area contributed by atoms with E-state index in [4.69, 9.17) is 4.98 Å². The molecule has 1 N–H and O–H groups in total. The average molecular weight is 260 g/mol. The van der Waals surface area contributed by atoms with Crippen LogP contribution >= 0.6 is 11.3 Å². The van der Waals surface area contributed by atoms with E-state index in [1.807, 2.05) is 13.1 Å². The molecule has 1 aromatic heterocycles. The van der Waals surface area contributed by atoms with Crippen molar-refractivity contribution in [2.24, 2.45) is 5.92 Å². The van der Waals surface area contributed by atoms with Gasteiger partial charge in [0.1, 0.15) is 5.01 Å². The van der Waals surface area contributed by atoms with Crippen molar-refractivity contribution in [3.8, 4) is 10.6 Å². The fourth-order valence-corrected chi connectivity index (χ4v) is 3.04. The van der Waals surface area contributed by atoms with Gasteiger partial charge in [0.15, 0.2) is 0 Å². The number of nitrogens with one attached hydrogen (secondary N) is 1. The molecule has 3 heteroatoms. The lowest BCUT2D eigenvalue weighted by Gasteiger charge is -2.03. The minimum Gasteiger partial charge on any atom is -0.315 e. The summed E-state index contributed by atoms with van der Waals surface area (Å²) in [7, 11) is 1.99. The van der Waals surface area contributed by atoms with Crippen LogP contribution in [-0.2, 0) is 13.0 Å². The van der Waals surface area contributed by atoms with E-state index in [2.05, 4.69) is 43.4 Å². The normalized spacial score (nSPS) is 11.1. The second-order valence-electron chi connectivity index (χ2n) is 4.88. The van der Waals surface area contributed by atoms with Crippen LogP contribution in [0.2, 0.25) is 0 Å². The largest absolute Gasteiger partial charge is 0.315 e. The molecule has 0 amide bonds. The molecule has 18 heavy (non-hydrogen) atoms. The number of thiazole rings is 1. The highest BCUT2D eigenvalue weighted by atomic mass is 32.1. The Bertz CT molecular complexity index is 488. The van der Waals surface area contributed by atoms with Crippen LogP contribution in [0, 0.1) is 5.92 Å². The highest BCUT2D eigenvalue weighted by molar-refractivity contribution is 7.15. The zero-order valence-corrected chi connectivity index (χ0v) is 12.1. The third-order valence-corrected chi connectivity index (χ3v) is 3.88. The Labute approximate surface area is 113 Å². The standard InChI is InChI=1S/C15H20N2S/c1-11(2)9-13-14(10-16-3)18-15(17-13)12-7-5-4-6-8-12/h4-8,11,16H,9-10H2,1-3H3. The number of nitrogens with zero attached hydrogens (tertiary/aromatic N) is 1. The van der Waals surface area contributed by atoms with Crippen LogP contribution in [0.15, 0.2) is 30.3 Å². The van der Waals surface area contributed by atoms with Gasteiger partial charge >= 0.3 is 0 Å². The Hall–Kier alpha value is -1.19. The zero-order valence-electron chi connectivity index (χ0n) is 11.2. The van der Waals surface area contributed by atoms with E-state index in [0.29, 0.717) is 5.92 Å². The van der Waals surface area contributed by atoms with Crippen LogP contribution in [0.25, 0.3) is 10.6 Å². The molecule has 1 aromatic carbocycles. The number of hydrogen-bond acceptors (Lipinski definition) is 3. The molecule has 1 heterocycles. The molecular formula is C15H20N2S. The molecule has 2 aromatic rings. The summed E-state index contributed by atoms with van der Waals surface area (Å²) in [6, 6.07) is 10.4. The predicted molar refractivity (Wildman–Crippen MR) is 78.9 cm³/mol. The van der Waals surface area contributed by atoms with Gasteiger partial charge in [-0.2, -0.15) is 0 Å². The van der Waals surface area contributed by atoms with Gasteiger partial charge in [0, 0.05) is 17.0 Å². The lowest BCUT2D eigenvalue weighted by atomic mass is 10.1. The Balaban J connectivity index is 2.33.